The lowest BCUT2D eigenvalue weighted by Crippen LogP contribution is -2.03. The van der Waals surface area contributed by atoms with E-state index in [0.717, 1.165) is 40.5 Å². The lowest BCUT2D eigenvalue weighted by atomic mass is 10.3. The van der Waals surface area contributed by atoms with Crippen LogP contribution in [0.4, 0.5) is 17.3 Å². The van der Waals surface area contributed by atoms with Crippen molar-refractivity contribution in [2.45, 2.75) is 13.3 Å². The topological polar surface area (TPSA) is 59.1 Å². The second-order valence-electron chi connectivity index (χ2n) is 4.19. The maximum Gasteiger partial charge on any atom is 0.135 e. The van der Waals surface area contributed by atoms with Crippen LogP contribution in [0.3, 0.4) is 0 Å². The van der Waals surface area contributed by atoms with Gasteiger partial charge >= 0.3 is 0 Å². The minimum atomic E-state index is 0.729. The molecular formula is C14H17BrN4O. The van der Waals surface area contributed by atoms with E-state index in [1.54, 1.807) is 7.11 Å². The molecule has 6 heteroatoms. The third-order valence-corrected chi connectivity index (χ3v) is 3.35. The van der Waals surface area contributed by atoms with Crippen molar-refractivity contribution in [1.29, 1.82) is 0 Å². The van der Waals surface area contributed by atoms with Crippen LogP contribution in [0.15, 0.2) is 35.1 Å². The number of anilines is 3. The number of hydrogen-bond acceptors (Lipinski definition) is 5. The molecule has 5 nitrogen and oxygen atoms in total. The molecule has 2 aromatic rings. The van der Waals surface area contributed by atoms with E-state index in [9.17, 15) is 0 Å². The Bertz CT molecular complexity index is 577. The number of aromatic nitrogens is 2. The first-order valence-corrected chi connectivity index (χ1v) is 7.18. The molecule has 0 radical (unpaired) electrons. The molecule has 2 rings (SSSR count). The summed E-state index contributed by atoms with van der Waals surface area (Å²) < 4.78 is 6.16. The van der Waals surface area contributed by atoms with E-state index in [4.69, 9.17) is 4.74 Å². The van der Waals surface area contributed by atoms with Gasteiger partial charge in [0.15, 0.2) is 0 Å². The maximum absolute atomic E-state index is 5.22. The fourth-order valence-electron chi connectivity index (χ4n) is 1.64. The zero-order valence-corrected chi connectivity index (χ0v) is 13.1. The largest absolute Gasteiger partial charge is 0.497 e. The average Bonchev–Trinajstić information content (AvgIpc) is 2.48. The second kappa shape index (κ2) is 7.09. The van der Waals surface area contributed by atoms with E-state index in [-0.39, 0.29) is 0 Å². The molecule has 0 saturated heterocycles. The quantitative estimate of drug-likeness (QED) is 0.839. The summed E-state index contributed by atoms with van der Waals surface area (Å²) in [6.45, 7) is 3.00. The molecule has 0 spiro atoms. The predicted molar refractivity (Wildman–Crippen MR) is 84.8 cm³/mol. The molecule has 1 aromatic heterocycles. The van der Waals surface area contributed by atoms with Crippen molar-refractivity contribution >= 4 is 33.3 Å². The molecular weight excluding hydrogens is 320 g/mol. The standard InChI is InChI=1S/C14H17BrN4O/c1-3-6-16-13-8-14(18-9-17-13)19-12-7-10(20-2)4-5-11(12)15/h4-5,7-9H,3,6H2,1-2H3,(H2,16,17,18,19). The molecule has 106 valence electrons. The first kappa shape index (κ1) is 14.6. The third kappa shape index (κ3) is 3.84. The summed E-state index contributed by atoms with van der Waals surface area (Å²) in [6.07, 6.45) is 2.59. The van der Waals surface area contributed by atoms with Crippen molar-refractivity contribution in [3.8, 4) is 5.75 Å². The van der Waals surface area contributed by atoms with Gasteiger partial charge in [0.1, 0.15) is 23.7 Å². The molecule has 0 aliphatic heterocycles. The van der Waals surface area contributed by atoms with Crippen molar-refractivity contribution in [2.75, 3.05) is 24.3 Å². The normalized spacial score (nSPS) is 10.2. The Hall–Kier alpha value is -1.82. The Kier molecular flexibility index (Phi) is 5.17. The van der Waals surface area contributed by atoms with Crippen LogP contribution in [0.2, 0.25) is 0 Å². The van der Waals surface area contributed by atoms with Gasteiger partial charge in [0.2, 0.25) is 0 Å². The van der Waals surface area contributed by atoms with E-state index in [1.165, 1.54) is 6.33 Å². The van der Waals surface area contributed by atoms with Crippen LogP contribution in [0.1, 0.15) is 13.3 Å². The van der Waals surface area contributed by atoms with E-state index in [0.29, 0.717) is 0 Å². The fraction of sp³-hybridized carbons (Fsp3) is 0.286. The zero-order chi connectivity index (χ0) is 14.4. The van der Waals surface area contributed by atoms with Gasteiger partial charge in [0.25, 0.3) is 0 Å². The molecule has 0 aliphatic rings. The van der Waals surface area contributed by atoms with Crippen LogP contribution in [-0.2, 0) is 0 Å². The first-order valence-electron chi connectivity index (χ1n) is 6.39. The molecule has 1 aromatic carbocycles. The number of hydrogen-bond donors (Lipinski definition) is 2. The van der Waals surface area contributed by atoms with Crippen molar-refractivity contribution in [3.63, 3.8) is 0 Å². The molecule has 0 saturated carbocycles. The summed E-state index contributed by atoms with van der Waals surface area (Å²) in [5.41, 5.74) is 0.893. The fourth-order valence-corrected chi connectivity index (χ4v) is 1.99. The minimum absolute atomic E-state index is 0.729. The van der Waals surface area contributed by atoms with Crippen molar-refractivity contribution < 1.29 is 4.74 Å². The number of nitrogens with one attached hydrogen (secondary N) is 2. The van der Waals surface area contributed by atoms with Gasteiger partial charge in [-0.05, 0) is 34.5 Å². The highest BCUT2D eigenvalue weighted by atomic mass is 79.9. The molecule has 20 heavy (non-hydrogen) atoms. The Balaban J connectivity index is 2.17. The van der Waals surface area contributed by atoms with Gasteiger partial charge in [-0.1, -0.05) is 6.92 Å². The average molecular weight is 337 g/mol. The molecule has 0 amide bonds. The summed E-state index contributed by atoms with van der Waals surface area (Å²) >= 11 is 3.50. The number of benzene rings is 1. The van der Waals surface area contributed by atoms with E-state index in [2.05, 4.69) is 43.5 Å². The SMILES string of the molecule is CCCNc1cc(Nc2cc(OC)ccc2Br)ncn1. The van der Waals surface area contributed by atoms with Crippen LogP contribution in [0.5, 0.6) is 5.75 Å². The number of rotatable bonds is 6. The van der Waals surface area contributed by atoms with E-state index in [1.807, 2.05) is 24.3 Å². The highest BCUT2D eigenvalue weighted by molar-refractivity contribution is 9.10. The van der Waals surface area contributed by atoms with Gasteiger partial charge in [0, 0.05) is 23.2 Å². The lowest BCUT2D eigenvalue weighted by molar-refractivity contribution is 0.415. The number of methoxy groups -OCH3 is 1. The van der Waals surface area contributed by atoms with Gasteiger partial charge in [-0.3, -0.25) is 0 Å². The van der Waals surface area contributed by atoms with Crippen LogP contribution in [-0.4, -0.2) is 23.6 Å². The van der Waals surface area contributed by atoms with Crippen molar-refractivity contribution in [2.24, 2.45) is 0 Å². The first-order chi connectivity index (χ1) is 9.72. The van der Waals surface area contributed by atoms with Gasteiger partial charge < -0.3 is 15.4 Å². The van der Waals surface area contributed by atoms with Gasteiger partial charge in [-0.25, -0.2) is 9.97 Å². The smallest absolute Gasteiger partial charge is 0.135 e. The summed E-state index contributed by atoms with van der Waals surface area (Å²) in [6, 6.07) is 7.61. The Morgan fingerprint density at radius 1 is 1.20 bits per heavy atom. The molecule has 0 aliphatic carbocycles. The molecule has 1 heterocycles. The zero-order valence-electron chi connectivity index (χ0n) is 11.5. The molecule has 0 bridgehead atoms. The minimum Gasteiger partial charge on any atom is -0.497 e. The number of nitrogens with zero attached hydrogens (tertiary/aromatic N) is 2. The Labute approximate surface area is 126 Å². The van der Waals surface area contributed by atoms with E-state index < -0.39 is 0 Å². The second-order valence-corrected chi connectivity index (χ2v) is 5.04. The van der Waals surface area contributed by atoms with Gasteiger partial charge in [0.05, 0.1) is 12.8 Å². The summed E-state index contributed by atoms with van der Waals surface area (Å²) in [7, 11) is 1.64. The van der Waals surface area contributed by atoms with Crippen LogP contribution >= 0.6 is 15.9 Å². The number of ether oxygens (including phenoxy) is 1. The molecule has 0 fully saturated rings. The molecule has 0 atom stereocenters. The van der Waals surface area contributed by atoms with Crippen molar-refractivity contribution in [3.05, 3.63) is 35.1 Å². The van der Waals surface area contributed by atoms with Gasteiger partial charge in [-0.2, -0.15) is 0 Å². The van der Waals surface area contributed by atoms with Crippen LogP contribution < -0.4 is 15.4 Å². The van der Waals surface area contributed by atoms with Gasteiger partial charge in [-0.15, -0.1) is 0 Å². The highest BCUT2D eigenvalue weighted by Crippen LogP contribution is 2.29. The summed E-state index contributed by atoms with van der Waals surface area (Å²) in [5.74, 6) is 2.32. The maximum atomic E-state index is 5.22. The molecule has 0 unspecified atom stereocenters. The highest BCUT2D eigenvalue weighted by Gasteiger charge is 2.04. The summed E-state index contributed by atoms with van der Waals surface area (Å²) in [5, 5.41) is 6.48. The molecule has 2 N–H and O–H groups in total. The van der Waals surface area contributed by atoms with Crippen LogP contribution in [0, 0.1) is 0 Å². The van der Waals surface area contributed by atoms with E-state index >= 15 is 0 Å². The number of halogens is 1. The Morgan fingerprint density at radius 2 is 2.00 bits per heavy atom. The monoisotopic (exact) mass is 336 g/mol. The third-order valence-electron chi connectivity index (χ3n) is 2.66. The Morgan fingerprint density at radius 3 is 2.75 bits per heavy atom. The van der Waals surface area contributed by atoms with Crippen molar-refractivity contribution in [1.82, 2.24) is 9.97 Å². The summed E-state index contributed by atoms with van der Waals surface area (Å²) in [4.78, 5) is 8.39. The predicted octanol–water partition coefficient (Wildman–Crippen LogP) is 3.81. The lowest BCUT2D eigenvalue weighted by Gasteiger charge is -2.10. The van der Waals surface area contributed by atoms with Crippen LogP contribution in [0.25, 0.3) is 0 Å².